The second-order valence-electron chi connectivity index (χ2n) is 4.90. The van der Waals surface area contributed by atoms with Gasteiger partial charge in [0.2, 0.25) is 5.91 Å². The molecule has 0 atom stereocenters. The first kappa shape index (κ1) is 13.8. The number of carbonyl (C=O) groups excluding carboxylic acids is 1. The summed E-state index contributed by atoms with van der Waals surface area (Å²) in [5.41, 5.74) is 2.25. The quantitative estimate of drug-likeness (QED) is 0.695. The molecule has 19 heavy (non-hydrogen) atoms. The first-order valence-corrected chi connectivity index (χ1v) is 6.90. The molecule has 0 spiro atoms. The van der Waals surface area contributed by atoms with Crippen LogP contribution in [0.15, 0.2) is 18.3 Å². The van der Waals surface area contributed by atoms with E-state index >= 15 is 0 Å². The van der Waals surface area contributed by atoms with E-state index in [4.69, 9.17) is 0 Å². The smallest absolute Gasteiger partial charge is 0.216 e. The number of anilines is 1. The minimum absolute atomic E-state index is 0.00641. The maximum Gasteiger partial charge on any atom is 0.216 e. The van der Waals surface area contributed by atoms with Gasteiger partial charge in [-0.2, -0.15) is 0 Å². The van der Waals surface area contributed by atoms with E-state index in [1.165, 1.54) is 12.6 Å². The summed E-state index contributed by atoms with van der Waals surface area (Å²) in [5.74, 6) is 0.574. The molecular formula is C14H22N4O. The lowest BCUT2D eigenvalue weighted by molar-refractivity contribution is -0.118. The largest absolute Gasteiger partial charge is 0.383 e. The number of nitrogens with zero attached hydrogens (tertiary/aromatic N) is 1. The summed E-state index contributed by atoms with van der Waals surface area (Å²) >= 11 is 0. The van der Waals surface area contributed by atoms with Crippen LogP contribution >= 0.6 is 0 Å². The fraction of sp³-hybridized carbons (Fsp3) is 0.571. The second-order valence-corrected chi connectivity index (χ2v) is 4.90. The molecule has 1 aromatic rings. The van der Waals surface area contributed by atoms with E-state index in [-0.39, 0.29) is 5.91 Å². The summed E-state index contributed by atoms with van der Waals surface area (Å²) in [6, 6.07) is 4.10. The van der Waals surface area contributed by atoms with Crippen molar-refractivity contribution >= 4 is 11.6 Å². The first-order chi connectivity index (χ1) is 9.25. The maximum absolute atomic E-state index is 10.8. The third-order valence-electron chi connectivity index (χ3n) is 3.37. The number of piperidine rings is 1. The predicted molar refractivity (Wildman–Crippen MR) is 76.3 cm³/mol. The van der Waals surface area contributed by atoms with Gasteiger partial charge in [0.25, 0.3) is 0 Å². The number of aromatic nitrogens is 1. The van der Waals surface area contributed by atoms with Gasteiger partial charge in [-0.1, -0.05) is 0 Å². The summed E-state index contributed by atoms with van der Waals surface area (Å²) in [6.45, 7) is 5.05. The molecule has 0 bridgehead atoms. The van der Waals surface area contributed by atoms with E-state index in [2.05, 4.69) is 27.0 Å². The van der Waals surface area contributed by atoms with Gasteiger partial charge in [0.05, 0.1) is 0 Å². The second kappa shape index (κ2) is 7.09. The zero-order chi connectivity index (χ0) is 13.5. The molecule has 1 saturated heterocycles. The SMILES string of the molecule is CC(=O)NCCNc1ccnc(C2CCNCC2)c1. The van der Waals surface area contributed by atoms with Crippen LogP contribution in [-0.4, -0.2) is 37.1 Å². The van der Waals surface area contributed by atoms with E-state index in [0.29, 0.717) is 12.5 Å². The van der Waals surface area contributed by atoms with Crippen molar-refractivity contribution in [2.45, 2.75) is 25.7 Å². The molecule has 1 fully saturated rings. The molecule has 0 saturated carbocycles. The molecule has 1 aliphatic rings. The van der Waals surface area contributed by atoms with Crippen LogP contribution in [0.2, 0.25) is 0 Å². The highest BCUT2D eigenvalue weighted by molar-refractivity contribution is 5.72. The van der Waals surface area contributed by atoms with Crippen molar-refractivity contribution in [3.63, 3.8) is 0 Å². The first-order valence-electron chi connectivity index (χ1n) is 6.90. The van der Waals surface area contributed by atoms with Gasteiger partial charge in [-0.15, -0.1) is 0 Å². The monoisotopic (exact) mass is 262 g/mol. The van der Waals surface area contributed by atoms with Gasteiger partial charge in [-0.25, -0.2) is 0 Å². The van der Waals surface area contributed by atoms with Gasteiger partial charge in [-0.3, -0.25) is 9.78 Å². The zero-order valence-corrected chi connectivity index (χ0v) is 11.4. The molecule has 5 heteroatoms. The molecule has 0 unspecified atom stereocenters. The number of hydrogen-bond acceptors (Lipinski definition) is 4. The summed E-state index contributed by atoms with van der Waals surface area (Å²) in [6.07, 6.45) is 4.17. The predicted octanol–water partition coefficient (Wildman–Crippen LogP) is 1.10. The Kier molecular flexibility index (Phi) is 5.15. The number of amides is 1. The number of pyridine rings is 1. The standard InChI is InChI=1S/C14H22N4O/c1-11(19)16-8-9-17-13-4-7-18-14(10-13)12-2-5-15-6-3-12/h4,7,10,12,15H,2-3,5-6,8-9H2,1H3,(H,16,19)(H,17,18). The number of rotatable bonds is 5. The highest BCUT2D eigenvalue weighted by Gasteiger charge is 2.16. The van der Waals surface area contributed by atoms with Crippen molar-refractivity contribution in [2.24, 2.45) is 0 Å². The van der Waals surface area contributed by atoms with Crippen molar-refractivity contribution in [3.05, 3.63) is 24.0 Å². The van der Waals surface area contributed by atoms with Crippen molar-refractivity contribution in [1.29, 1.82) is 0 Å². The van der Waals surface area contributed by atoms with E-state index in [9.17, 15) is 4.79 Å². The number of hydrogen-bond donors (Lipinski definition) is 3. The van der Waals surface area contributed by atoms with Crippen LogP contribution in [0.1, 0.15) is 31.4 Å². The lowest BCUT2D eigenvalue weighted by atomic mass is 9.94. The van der Waals surface area contributed by atoms with Gasteiger partial charge >= 0.3 is 0 Å². The van der Waals surface area contributed by atoms with Crippen LogP contribution in [0.5, 0.6) is 0 Å². The summed E-state index contributed by atoms with van der Waals surface area (Å²) in [4.78, 5) is 15.2. The van der Waals surface area contributed by atoms with Crippen molar-refractivity contribution in [2.75, 3.05) is 31.5 Å². The number of nitrogens with one attached hydrogen (secondary N) is 3. The molecular weight excluding hydrogens is 240 g/mol. The third kappa shape index (κ3) is 4.52. The Morgan fingerprint density at radius 1 is 1.42 bits per heavy atom. The average Bonchev–Trinajstić information content (AvgIpc) is 2.45. The minimum Gasteiger partial charge on any atom is -0.383 e. The van der Waals surface area contributed by atoms with Gasteiger partial charge in [0, 0.05) is 43.5 Å². The Morgan fingerprint density at radius 3 is 2.95 bits per heavy atom. The van der Waals surface area contributed by atoms with Crippen LogP contribution in [0.3, 0.4) is 0 Å². The number of carbonyl (C=O) groups is 1. The molecule has 5 nitrogen and oxygen atoms in total. The molecule has 0 aliphatic carbocycles. The molecule has 0 radical (unpaired) electrons. The molecule has 1 aromatic heterocycles. The fourth-order valence-corrected chi connectivity index (χ4v) is 2.34. The Morgan fingerprint density at radius 2 is 2.21 bits per heavy atom. The zero-order valence-electron chi connectivity index (χ0n) is 11.4. The van der Waals surface area contributed by atoms with E-state index < -0.39 is 0 Å². The average molecular weight is 262 g/mol. The Labute approximate surface area is 114 Å². The molecule has 2 heterocycles. The summed E-state index contributed by atoms with van der Waals surface area (Å²) in [5, 5.41) is 9.45. The van der Waals surface area contributed by atoms with Gasteiger partial charge in [0.15, 0.2) is 0 Å². The van der Waals surface area contributed by atoms with E-state index in [1.807, 2.05) is 12.3 Å². The normalized spacial score (nSPS) is 16.1. The van der Waals surface area contributed by atoms with Crippen LogP contribution in [0, 0.1) is 0 Å². The topological polar surface area (TPSA) is 66.0 Å². The van der Waals surface area contributed by atoms with E-state index in [1.54, 1.807) is 0 Å². The molecule has 1 amide bonds. The highest BCUT2D eigenvalue weighted by Crippen LogP contribution is 2.24. The van der Waals surface area contributed by atoms with Crippen molar-refractivity contribution < 1.29 is 4.79 Å². The Bertz CT molecular complexity index is 416. The van der Waals surface area contributed by atoms with Crippen LogP contribution in [0.25, 0.3) is 0 Å². The van der Waals surface area contributed by atoms with Crippen LogP contribution < -0.4 is 16.0 Å². The molecule has 0 aromatic carbocycles. The Hall–Kier alpha value is -1.62. The van der Waals surface area contributed by atoms with E-state index in [0.717, 1.165) is 38.2 Å². The maximum atomic E-state index is 10.8. The summed E-state index contributed by atoms with van der Waals surface area (Å²) < 4.78 is 0. The third-order valence-corrected chi connectivity index (χ3v) is 3.37. The van der Waals surface area contributed by atoms with Gasteiger partial charge in [-0.05, 0) is 38.1 Å². The highest BCUT2D eigenvalue weighted by atomic mass is 16.1. The van der Waals surface area contributed by atoms with Gasteiger partial charge in [0.1, 0.15) is 0 Å². The lowest BCUT2D eigenvalue weighted by Gasteiger charge is -2.22. The van der Waals surface area contributed by atoms with Crippen molar-refractivity contribution in [3.8, 4) is 0 Å². The minimum atomic E-state index is 0.00641. The fourth-order valence-electron chi connectivity index (χ4n) is 2.34. The lowest BCUT2D eigenvalue weighted by Crippen LogP contribution is -2.27. The molecule has 2 rings (SSSR count). The van der Waals surface area contributed by atoms with Crippen molar-refractivity contribution in [1.82, 2.24) is 15.6 Å². The Balaban J connectivity index is 1.85. The molecule has 3 N–H and O–H groups in total. The summed E-state index contributed by atoms with van der Waals surface area (Å²) in [7, 11) is 0. The van der Waals surface area contributed by atoms with Gasteiger partial charge < -0.3 is 16.0 Å². The van der Waals surface area contributed by atoms with Crippen LogP contribution in [0.4, 0.5) is 5.69 Å². The van der Waals surface area contributed by atoms with Crippen LogP contribution in [-0.2, 0) is 4.79 Å². The molecule has 104 valence electrons. The molecule has 1 aliphatic heterocycles.